The first kappa shape index (κ1) is 19.3. The van der Waals surface area contributed by atoms with Gasteiger partial charge in [0.25, 0.3) is 0 Å². The van der Waals surface area contributed by atoms with E-state index in [1.165, 1.54) is 0 Å². The number of hydrogen-bond donors (Lipinski definition) is 1. The van der Waals surface area contributed by atoms with Crippen molar-refractivity contribution in [3.05, 3.63) is 72.8 Å². The maximum Gasteiger partial charge on any atom is 0.240 e. The molecule has 4 rings (SSSR count). The number of morpholine rings is 1. The largest absolute Gasteiger partial charge is 0.379 e. The summed E-state index contributed by atoms with van der Waals surface area (Å²) < 4.78 is 7.35. The average molecular weight is 391 g/mol. The summed E-state index contributed by atoms with van der Waals surface area (Å²) in [6.45, 7) is 3.79. The number of carbonyl (C=O) groups is 1. The van der Waals surface area contributed by atoms with Crippen molar-refractivity contribution in [2.24, 2.45) is 0 Å². The monoisotopic (exact) mass is 391 g/mol. The Kier molecular flexibility index (Phi) is 6.29. The summed E-state index contributed by atoms with van der Waals surface area (Å²) in [6, 6.07) is 15.8. The van der Waals surface area contributed by atoms with Crippen LogP contribution in [0.2, 0.25) is 0 Å². The van der Waals surface area contributed by atoms with Crippen LogP contribution in [0.4, 0.5) is 0 Å². The third kappa shape index (κ3) is 4.88. The van der Waals surface area contributed by atoms with Crippen LogP contribution >= 0.6 is 0 Å². The lowest BCUT2D eigenvalue weighted by Gasteiger charge is -2.34. The van der Waals surface area contributed by atoms with Gasteiger partial charge in [0.15, 0.2) is 0 Å². The van der Waals surface area contributed by atoms with Crippen molar-refractivity contribution in [1.82, 2.24) is 24.8 Å². The van der Waals surface area contributed by atoms with E-state index < -0.39 is 0 Å². The number of nitrogens with zero attached hydrogens (tertiary/aromatic N) is 4. The molecular weight excluding hydrogens is 366 g/mol. The second-order valence-corrected chi connectivity index (χ2v) is 6.97. The van der Waals surface area contributed by atoms with Crippen molar-refractivity contribution in [2.75, 3.05) is 32.8 Å². The molecule has 29 heavy (non-hydrogen) atoms. The maximum atomic E-state index is 12.7. The molecule has 0 bridgehead atoms. The highest BCUT2D eigenvalue weighted by Crippen LogP contribution is 2.20. The molecule has 1 fully saturated rings. The lowest BCUT2D eigenvalue weighted by atomic mass is 10.1. The molecule has 1 N–H and O–H groups in total. The van der Waals surface area contributed by atoms with Gasteiger partial charge in [-0.05, 0) is 12.1 Å². The number of hydrogen-bond acceptors (Lipinski definition) is 5. The van der Waals surface area contributed by atoms with Crippen LogP contribution in [0.3, 0.4) is 0 Å². The van der Waals surface area contributed by atoms with Gasteiger partial charge >= 0.3 is 0 Å². The molecular formula is C22H25N5O2. The first-order valence-corrected chi connectivity index (χ1v) is 9.87. The summed E-state index contributed by atoms with van der Waals surface area (Å²) in [7, 11) is 0. The van der Waals surface area contributed by atoms with Crippen LogP contribution in [0.1, 0.15) is 11.7 Å². The average Bonchev–Trinajstić information content (AvgIpc) is 3.24. The van der Waals surface area contributed by atoms with E-state index in [-0.39, 0.29) is 18.5 Å². The molecule has 1 aromatic carbocycles. The molecule has 2 aromatic heterocycles. The standard InChI is InChI=1S/C22H25N5O2/c28-21(17-27-11-10-24-22(27)18-6-2-1-3-7-18)25-16-20(19-8-4-5-9-23-19)26-12-14-29-15-13-26/h1-11,20H,12-17H2,(H,25,28). The molecule has 7 nitrogen and oxygen atoms in total. The molecule has 0 aliphatic carbocycles. The van der Waals surface area contributed by atoms with Gasteiger partial charge in [0, 0.05) is 43.8 Å². The number of ether oxygens (including phenoxy) is 1. The zero-order valence-corrected chi connectivity index (χ0v) is 16.3. The fourth-order valence-corrected chi connectivity index (χ4v) is 3.59. The molecule has 1 atom stereocenters. The van der Waals surface area contributed by atoms with E-state index in [9.17, 15) is 4.79 Å². The number of rotatable bonds is 7. The molecule has 0 saturated carbocycles. The summed E-state index contributed by atoms with van der Waals surface area (Å²) in [5.41, 5.74) is 1.95. The quantitative estimate of drug-likeness (QED) is 0.668. The Hall–Kier alpha value is -3.03. The van der Waals surface area contributed by atoms with Gasteiger partial charge in [-0.2, -0.15) is 0 Å². The summed E-state index contributed by atoms with van der Waals surface area (Å²) in [6.07, 6.45) is 5.35. The van der Waals surface area contributed by atoms with E-state index >= 15 is 0 Å². The van der Waals surface area contributed by atoms with Crippen molar-refractivity contribution in [2.45, 2.75) is 12.6 Å². The molecule has 1 aliphatic heterocycles. The third-order valence-corrected chi connectivity index (χ3v) is 5.07. The predicted molar refractivity (Wildman–Crippen MR) is 110 cm³/mol. The van der Waals surface area contributed by atoms with E-state index in [2.05, 4.69) is 20.2 Å². The molecule has 1 saturated heterocycles. The number of pyridine rings is 1. The number of amides is 1. The lowest BCUT2D eigenvalue weighted by Crippen LogP contribution is -2.44. The first-order chi connectivity index (χ1) is 14.3. The van der Waals surface area contributed by atoms with Crippen LogP contribution < -0.4 is 5.32 Å². The van der Waals surface area contributed by atoms with E-state index in [4.69, 9.17) is 4.74 Å². The van der Waals surface area contributed by atoms with Crippen LogP contribution in [0.15, 0.2) is 67.1 Å². The number of aromatic nitrogens is 3. The molecule has 0 spiro atoms. The van der Waals surface area contributed by atoms with Crippen molar-refractivity contribution in [3.63, 3.8) is 0 Å². The van der Waals surface area contributed by atoms with Gasteiger partial charge in [0.2, 0.25) is 5.91 Å². The zero-order chi connectivity index (χ0) is 19.9. The van der Waals surface area contributed by atoms with Crippen LogP contribution in [0.25, 0.3) is 11.4 Å². The SMILES string of the molecule is O=C(Cn1ccnc1-c1ccccc1)NCC(c1ccccn1)N1CCOCC1. The Morgan fingerprint density at radius 3 is 2.59 bits per heavy atom. The number of benzene rings is 1. The second kappa shape index (κ2) is 9.45. The minimum absolute atomic E-state index is 0.0282. The number of nitrogens with one attached hydrogen (secondary N) is 1. The molecule has 3 heterocycles. The van der Waals surface area contributed by atoms with Gasteiger partial charge in [-0.3, -0.25) is 14.7 Å². The van der Waals surface area contributed by atoms with Crippen molar-refractivity contribution >= 4 is 5.91 Å². The minimum atomic E-state index is -0.0469. The van der Waals surface area contributed by atoms with Gasteiger partial charge < -0.3 is 14.6 Å². The molecule has 1 aliphatic rings. The topological polar surface area (TPSA) is 72.3 Å². The van der Waals surface area contributed by atoms with Crippen LogP contribution in [0, 0.1) is 0 Å². The van der Waals surface area contributed by atoms with Crippen LogP contribution in [-0.2, 0) is 16.1 Å². The van der Waals surface area contributed by atoms with Gasteiger partial charge in [-0.15, -0.1) is 0 Å². The van der Waals surface area contributed by atoms with Gasteiger partial charge in [-0.1, -0.05) is 36.4 Å². The van der Waals surface area contributed by atoms with Gasteiger partial charge in [-0.25, -0.2) is 4.98 Å². The minimum Gasteiger partial charge on any atom is -0.379 e. The van der Waals surface area contributed by atoms with Gasteiger partial charge in [0.05, 0.1) is 24.9 Å². The van der Waals surface area contributed by atoms with E-state index in [0.29, 0.717) is 19.8 Å². The smallest absolute Gasteiger partial charge is 0.240 e. The fraction of sp³-hybridized carbons (Fsp3) is 0.318. The molecule has 3 aromatic rings. The summed E-state index contributed by atoms with van der Waals surface area (Å²) in [5.74, 6) is 0.740. The highest BCUT2D eigenvalue weighted by molar-refractivity contribution is 5.76. The first-order valence-electron chi connectivity index (χ1n) is 9.87. The normalized spacial score (nSPS) is 15.7. The van der Waals surface area contributed by atoms with Crippen LogP contribution in [0.5, 0.6) is 0 Å². The van der Waals surface area contributed by atoms with E-state index in [0.717, 1.165) is 30.2 Å². The third-order valence-electron chi connectivity index (χ3n) is 5.07. The lowest BCUT2D eigenvalue weighted by molar-refractivity contribution is -0.122. The molecule has 7 heteroatoms. The molecule has 150 valence electrons. The Balaban J connectivity index is 1.42. The number of carbonyl (C=O) groups excluding carboxylic acids is 1. The molecule has 1 amide bonds. The molecule has 0 radical (unpaired) electrons. The number of imidazole rings is 1. The van der Waals surface area contributed by atoms with E-state index in [1.807, 2.05) is 59.3 Å². The predicted octanol–water partition coefficient (Wildman–Crippen LogP) is 2.13. The molecule has 1 unspecified atom stereocenters. The fourth-order valence-electron chi connectivity index (χ4n) is 3.59. The van der Waals surface area contributed by atoms with Crippen molar-refractivity contribution in [1.29, 1.82) is 0 Å². The highest BCUT2D eigenvalue weighted by atomic mass is 16.5. The summed E-state index contributed by atoms with van der Waals surface area (Å²) in [4.78, 5) is 23.9. The summed E-state index contributed by atoms with van der Waals surface area (Å²) >= 11 is 0. The maximum absolute atomic E-state index is 12.7. The van der Waals surface area contributed by atoms with Crippen molar-refractivity contribution < 1.29 is 9.53 Å². The Morgan fingerprint density at radius 2 is 1.83 bits per heavy atom. The van der Waals surface area contributed by atoms with E-state index in [1.54, 1.807) is 12.4 Å². The highest BCUT2D eigenvalue weighted by Gasteiger charge is 2.24. The summed E-state index contributed by atoms with van der Waals surface area (Å²) in [5, 5.41) is 3.09. The van der Waals surface area contributed by atoms with Crippen molar-refractivity contribution in [3.8, 4) is 11.4 Å². The second-order valence-electron chi connectivity index (χ2n) is 6.97. The Labute approximate surface area is 170 Å². The van der Waals surface area contributed by atoms with Crippen LogP contribution in [-0.4, -0.2) is 58.2 Å². The Morgan fingerprint density at radius 1 is 1.03 bits per heavy atom. The zero-order valence-electron chi connectivity index (χ0n) is 16.3. The van der Waals surface area contributed by atoms with Gasteiger partial charge in [0.1, 0.15) is 12.4 Å². The Bertz CT molecular complexity index is 907.